The number of thioether (sulfide) groups is 1. The average molecular weight is 214 g/mol. The Morgan fingerprint density at radius 1 is 1.43 bits per heavy atom. The summed E-state index contributed by atoms with van der Waals surface area (Å²) >= 11 is 1.77. The number of nitrogens with one attached hydrogen (secondary N) is 1. The lowest BCUT2D eigenvalue weighted by atomic mass is 9.97. The molecular formula is C10H18N2OS. The Balaban J connectivity index is 1.79. The lowest BCUT2D eigenvalue weighted by Gasteiger charge is -2.32. The topological polar surface area (TPSA) is 32.3 Å². The Bertz CT molecular complexity index is 204. The monoisotopic (exact) mass is 214 g/mol. The summed E-state index contributed by atoms with van der Waals surface area (Å²) in [6.45, 7) is 4.22. The van der Waals surface area contributed by atoms with Gasteiger partial charge in [-0.05, 0) is 31.8 Å². The second-order valence-corrected chi connectivity index (χ2v) is 5.19. The number of amides is 1. The van der Waals surface area contributed by atoms with Crippen LogP contribution in [0.25, 0.3) is 0 Å². The third-order valence-electron chi connectivity index (χ3n) is 3.02. The molecule has 0 saturated carbocycles. The van der Waals surface area contributed by atoms with Crippen LogP contribution in [0.4, 0.5) is 0 Å². The van der Waals surface area contributed by atoms with E-state index in [0.29, 0.717) is 11.7 Å². The maximum atomic E-state index is 11.6. The third kappa shape index (κ3) is 2.64. The van der Waals surface area contributed by atoms with E-state index in [1.165, 1.54) is 12.8 Å². The smallest absolute Gasteiger partial charge is 0.232 e. The number of nitrogens with zero attached hydrogens (tertiary/aromatic N) is 1. The molecule has 2 heterocycles. The van der Waals surface area contributed by atoms with E-state index in [-0.39, 0.29) is 0 Å². The zero-order chi connectivity index (χ0) is 9.80. The van der Waals surface area contributed by atoms with Gasteiger partial charge in [0.2, 0.25) is 5.91 Å². The summed E-state index contributed by atoms with van der Waals surface area (Å²) in [7, 11) is 0. The highest BCUT2D eigenvalue weighted by Gasteiger charge is 2.22. The van der Waals surface area contributed by atoms with Crippen LogP contribution in [0.5, 0.6) is 0 Å². The summed E-state index contributed by atoms with van der Waals surface area (Å²) in [5.74, 6) is 2.91. The molecule has 4 heteroatoms. The number of piperidine rings is 1. The first-order chi connectivity index (χ1) is 6.86. The van der Waals surface area contributed by atoms with E-state index in [9.17, 15) is 4.79 Å². The van der Waals surface area contributed by atoms with Gasteiger partial charge in [0, 0.05) is 18.8 Å². The summed E-state index contributed by atoms with van der Waals surface area (Å²) in [5, 5.41) is 3.36. The minimum Gasteiger partial charge on any atom is -0.341 e. The Labute approximate surface area is 89.6 Å². The summed E-state index contributed by atoms with van der Waals surface area (Å²) in [4.78, 5) is 13.6. The standard InChI is InChI=1S/C10H18N2OS/c13-10-8-14-6-5-12(10)7-9-1-3-11-4-2-9/h9,11H,1-8H2. The fourth-order valence-corrected chi connectivity index (χ4v) is 2.97. The van der Waals surface area contributed by atoms with Gasteiger partial charge in [0.25, 0.3) is 0 Å². The van der Waals surface area contributed by atoms with E-state index in [4.69, 9.17) is 0 Å². The van der Waals surface area contributed by atoms with Gasteiger partial charge in [0.15, 0.2) is 0 Å². The molecule has 14 heavy (non-hydrogen) atoms. The highest BCUT2D eigenvalue weighted by molar-refractivity contribution is 8.00. The molecular weight excluding hydrogens is 196 g/mol. The molecule has 0 aliphatic carbocycles. The summed E-state index contributed by atoms with van der Waals surface area (Å²) in [5.41, 5.74) is 0. The van der Waals surface area contributed by atoms with Crippen molar-refractivity contribution in [2.75, 3.05) is 37.7 Å². The minimum absolute atomic E-state index is 0.347. The number of hydrogen-bond donors (Lipinski definition) is 1. The van der Waals surface area contributed by atoms with E-state index in [0.717, 1.165) is 37.8 Å². The molecule has 2 aliphatic heterocycles. The van der Waals surface area contributed by atoms with Gasteiger partial charge >= 0.3 is 0 Å². The number of carbonyl (C=O) groups is 1. The molecule has 0 aromatic carbocycles. The minimum atomic E-state index is 0.347. The summed E-state index contributed by atoms with van der Waals surface area (Å²) < 4.78 is 0. The van der Waals surface area contributed by atoms with Crippen LogP contribution in [0.15, 0.2) is 0 Å². The van der Waals surface area contributed by atoms with Gasteiger partial charge in [-0.3, -0.25) is 4.79 Å². The van der Waals surface area contributed by atoms with Crippen LogP contribution in [0, 0.1) is 5.92 Å². The maximum absolute atomic E-state index is 11.6. The molecule has 0 aromatic heterocycles. The normalized spacial score (nSPS) is 25.4. The molecule has 1 amide bonds. The SMILES string of the molecule is O=C1CSCCN1CC1CCNCC1. The van der Waals surface area contributed by atoms with Crippen molar-refractivity contribution < 1.29 is 4.79 Å². The zero-order valence-electron chi connectivity index (χ0n) is 8.50. The molecule has 1 N–H and O–H groups in total. The summed E-state index contributed by atoms with van der Waals surface area (Å²) in [6.07, 6.45) is 2.47. The average Bonchev–Trinajstić information content (AvgIpc) is 2.23. The Hall–Kier alpha value is -0.220. The number of hydrogen-bond acceptors (Lipinski definition) is 3. The van der Waals surface area contributed by atoms with Crippen LogP contribution in [0.1, 0.15) is 12.8 Å². The second kappa shape index (κ2) is 5.03. The van der Waals surface area contributed by atoms with E-state index in [1.54, 1.807) is 11.8 Å². The van der Waals surface area contributed by atoms with Crippen LogP contribution in [0.3, 0.4) is 0 Å². The predicted octanol–water partition coefficient (Wildman–Crippen LogP) is 0.561. The van der Waals surface area contributed by atoms with Gasteiger partial charge < -0.3 is 10.2 Å². The van der Waals surface area contributed by atoms with Crippen molar-refractivity contribution in [3.05, 3.63) is 0 Å². The van der Waals surface area contributed by atoms with Crippen LogP contribution < -0.4 is 5.32 Å². The third-order valence-corrected chi connectivity index (χ3v) is 3.94. The molecule has 2 fully saturated rings. The van der Waals surface area contributed by atoms with Gasteiger partial charge in [-0.15, -0.1) is 0 Å². The van der Waals surface area contributed by atoms with Gasteiger partial charge in [0.05, 0.1) is 5.75 Å². The van der Waals surface area contributed by atoms with Crippen molar-refractivity contribution >= 4 is 17.7 Å². The fraction of sp³-hybridized carbons (Fsp3) is 0.900. The van der Waals surface area contributed by atoms with Crippen LogP contribution in [-0.2, 0) is 4.79 Å². The predicted molar refractivity (Wildman–Crippen MR) is 59.5 cm³/mol. The van der Waals surface area contributed by atoms with Crippen molar-refractivity contribution in [1.82, 2.24) is 10.2 Å². The number of carbonyl (C=O) groups excluding carboxylic acids is 1. The zero-order valence-corrected chi connectivity index (χ0v) is 9.31. The Morgan fingerprint density at radius 3 is 2.93 bits per heavy atom. The number of rotatable bonds is 2. The molecule has 0 bridgehead atoms. The molecule has 2 saturated heterocycles. The van der Waals surface area contributed by atoms with E-state index < -0.39 is 0 Å². The van der Waals surface area contributed by atoms with Crippen molar-refractivity contribution in [1.29, 1.82) is 0 Å². The van der Waals surface area contributed by atoms with Crippen LogP contribution >= 0.6 is 11.8 Å². The first kappa shape index (κ1) is 10.3. The van der Waals surface area contributed by atoms with Crippen molar-refractivity contribution in [3.8, 4) is 0 Å². The van der Waals surface area contributed by atoms with Crippen LogP contribution in [0.2, 0.25) is 0 Å². The molecule has 80 valence electrons. The van der Waals surface area contributed by atoms with Crippen molar-refractivity contribution in [3.63, 3.8) is 0 Å². The molecule has 0 aromatic rings. The van der Waals surface area contributed by atoms with Gasteiger partial charge in [-0.1, -0.05) is 0 Å². The highest BCUT2D eigenvalue weighted by Crippen LogP contribution is 2.17. The van der Waals surface area contributed by atoms with Crippen LogP contribution in [-0.4, -0.2) is 48.5 Å². The molecule has 3 nitrogen and oxygen atoms in total. The van der Waals surface area contributed by atoms with Gasteiger partial charge in [-0.2, -0.15) is 11.8 Å². The van der Waals surface area contributed by atoms with E-state index in [2.05, 4.69) is 10.2 Å². The van der Waals surface area contributed by atoms with E-state index in [1.807, 2.05) is 0 Å². The van der Waals surface area contributed by atoms with Gasteiger partial charge in [0.1, 0.15) is 0 Å². The molecule has 0 spiro atoms. The fourth-order valence-electron chi connectivity index (χ4n) is 2.12. The Morgan fingerprint density at radius 2 is 2.21 bits per heavy atom. The lowest BCUT2D eigenvalue weighted by Crippen LogP contribution is -2.43. The highest BCUT2D eigenvalue weighted by atomic mass is 32.2. The van der Waals surface area contributed by atoms with E-state index >= 15 is 0 Å². The molecule has 2 aliphatic rings. The van der Waals surface area contributed by atoms with Crippen molar-refractivity contribution in [2.24, 2.45) is 5.92 Å². The first-order valence-corrected chi connectivity index (χ1v) is 6.58. The second-order valence-electron chi connectivity index (χ2n) is 4.09. The first-order valence-electron chi connectivity index (χ1n) is 5.42. The molecule has 2 rings (SSSR count). The van der Waals surface area contributed by atoms with Crippen molar-refractivity contribution in [2.45, 2.75) is 12.8 Å². The molecule has 0 unspecified atom stereocenters. The Kier molecular flexibility index (Phi) is 3.70. The summed E-state index contributed by atoms with van der Waals surface area (Å²) in [6, 6.07) is 0. The lowest BCUT2D eigenvalue weighted by molar-refractivity contribution is -0.129. The quantitative estimate of drug-likeness (QED) is 0.729. The van der Waals surface area contributed by atoms with Gasteiger partial charge in [-0.25, -0.2) is 0 Å². The molecule has 0 radical (unpaired) electrons. The molecule has 0 atom stereocenters. The maximum Gasteiger partial charge on any atom is 0.232 e. The largest absolute Gasteiger partial charge is 0.341 e.